The molecule has 0 spiro atoms. The smallest absolute Gasteiger partial charge is 0.276 e. The van der Waals surface area contributed by atoms with Crippen molar-refractivity contribution in [2.45, 2.75) is 26.7 Å². The molecule has 152 valence electrons. The number of pyridine rings is 1. The maximum absolute atomic E-state index is 13.0. The minimum Gasteiger partial charge on any atom is -0.361 e. The summed E-state index contributed by atoms with van der Waals surface area (Å²) in [6, 6.07) is 7.35. The number of hydrogen-bond donors (Lipinski definition) is 1. The zero-order chi connectivity index (χ0) is 20.7. The predicted molar refractivity (Wildman–Crippen MR) is 112 cm³/mol. The predicted octanol–water partition coefficient (Wildman–Crippen LogP) is 3.25. The van der Waals surface area contributed by atoms with Gasteiger partial charge >= 0.3 is 0 Å². The Labute approximate surface area is 172 Å². The third-order valence-corrected chi connectivity index (χ3v) is 5.32. The highest BCUT2D eigenvalue weighted by Gasteiger charge is 2.19. The molecule has 0 aromatic carbocycles. The Morgan fingerprint density at radius 1 is 1.13 bits per heavy atom. The molecule has 4 aromatic heterocycles. The second-order valence-corrected chi connectivity index (χ2v) is 7.38. The summed E-state index contributed by atoms with van der Waals surface area (Å²) >= 11 is 0. The first-order chi connectivity index (χ1) is 14.6. The van der Waals surface area contributed by atoms with Crippen LogP contribution in [-0.2, 0) is 0 Å². The Hall–Kier alpha value is -3.75. The van der Waals surface area contributed by atoms with Crippen LogP contribution in [-0.4, -0.2) is 43.7 Å². The van der Waals surface area contributed by atoms with Crippen molar-refractivity contribution in [1.82, 2.24) is 24.7 Å². The zero-order valence-corrected chi connectivity index (χ0v) is 16.8. The van der Waals surface area contributed by atoms with Gasteiger partial charge in [-0.15, -0.1) is 0 Å². The second kappa shape index (κ2) is 7.25. The van der Waals surface area contributed by atoms with Crippen LogP contribution < -0.4 is 10.2 Å². The third-order valence-electron chi connectivity index (χ3n) is 5.32. The fraction of sp³-hybridized carbons (Fsp3) is 0.286. The Balaban J connectivity index is 1.45. The van der Waals surface area contributed by atoms with Crippen LogP contribution in [0, 0.1) is 13.8 Å². The van der Waals surface area contributed by atoms with E-state index in [2.05, 4.69) is 30.4 Å². The van der Waals surface area contributed by atoms with E-state index in [1.165, 1.54) is 19.0 Å². The van der Waals surface area contributed by atoms with Crippen molar-refractivity contribution in [3.05, 3.63) is 53.8 Å². The lowest BCUT2D eigenvalue weighted by Gasteiger charge is -2.17. The average molecular weight is 403 g/mol. The molecule has 0 atom stereocenters. The van der Waals surface area contributed by atoms with Gasteiger partial charge in [0.05, 0.1) is 23.1 Å². The van der Waals surface area contributed by atoms with Gasteiger partial charge in [-0.3, -0.25) is 4.79 Å². The van der Waals surface area contributed by atoms with Gasteiger partial charge in [-0.1, -0.05) is 5.16 Å². The van der Waals surface area contributed by atoms with E-state index in [9.17, 15) is 4.79 Å². The van der Waals surface area contributed by atoms with Gasteiger partial charge in [-0.25, -0.2) is 14.5 Å². The number of aromatic nitrogens is 5. The number of nitrogens with zero attached hydrogens (tertiary/aromatic N) is 6. The van der Waals surface area contributed by atoms with E-state index in [1.807, 2.05) is 32.0 Å². The quantitative estimate of drug-likeness (QED) is 0.558. The number of aryl methyl sites for hydroxylation is 2. The van der Waals surface area contributed by atoms with Crippen molar-refractivity contribution in [2.75, 3.05) is 23.3 Å². The molecule has 0 bridgehead atoms. The second-order valence-electron chi connectivity index (χ2n) is 7.38. The van der Waals surface area contributed by atoms with E-state index in [0.29, 0.717) is 28.5 Å². The van der Waals surface area contributed by atoms with Gasteiger partial charge in [0.2, 0.25) is 0 Å². The molecule has 5 rings (SSSR count). The number of carbonyl (C=O) groups excluding carboxylic acids is 1. The van der Waals surface area contributed by atoms with Crippen LogP contribution in [0.4, 0.5) is 11.5 Å². The van der Waals surface area contributed by atoms with Gasteiger partial charge in [0.15, 0.2) is 11.3 Å². The Bertz CT molecular complexity index is 1220. The van der Waals surface area contributed by atoms with Gasteiger partial charge in [-0.05, 0) is 44.9 Å². The first-order valence-corrected chi connectivity index (χ1v) is 9.90. The molecule has 0 aliphatic carbocycles. The number of anilines is 2. The summed E-state index contributed by atoms with van der Waals surface area (Å²) < 4.78 is 6.79. The fourth-order valence-corrected chi connectivity index (χ4v) is 3.82. The van der Waals surface area contributed by atoms with Gasteiger partial charge in [0.25, 0.3) is 5.91 Å². The van der Waals surface area contributed by atoms with Crippen molar-refractivity contribution in [1.29, 1.82) is 0 Å². The molecule has 30 heavy (non-hydrogen) atoms. The summed E-state index contributed by atoms with van der Waals surface area (Å²) in [5.41, 5.74) is 3.86. The van der Waals surface area contributed by atoms with Crippen LogP contribution in [0.2, 0.25) is 0 Å². The normalized spacial score (nSPS) is 13.9. The lowest BCUT2D eigenvalue weighted by Crippen LogP contribution is -2.20. The van der Waals surface area contributed by atoms with Crippen molar-refractivity contribution >= 4 is 23.1 Å². The van der Waals surface area contributed by atoms with Gasteiger partial charge in [-0.2, -0.15) is 5.10 Å². The molecule has 5 heterocycles. The van der Waals surface area contributed by atoms with E-state index in [4.69, 9.17) is 4.52 Å². The topological polar surface area (TPSA) is 101 Å². The minimum atomic E-state index is -0.288. The maximum atomic E-state index is 13.0. The van der Waals surface area contributed by atoms with E-state index in [1.54, 1.807) is 16.8 Å². The molecule has 0 unspecified atom stereocenters. The van der Waals surface area contributed by atoms with Crippen molar-refractivity contribution in [2.24, 2.45) is 0 Å². The van der Waals surface area contributed by atoms with Crippen molar-refractivity contribution < 1.29 is 9.32 Å². The van der Waals surface area contributed by atoms with Crippen LogP contribution in [0.1, 0.15) is 34.8 Å². The lowest BCUT2D eigenvalue weighted by atomic mass is 10.1. The molecule has 4 aromatic rings. The molecule has 1 amide bonds. The van der Waals surface area contributed by atoms with Crippen LogP contribution >= 0.6 is 0 Å². The van der Waals surface area contributed by atoms with Crippen LogP contribution in [0.15, 0.2) is 41.2 Å². The summed E-state index contributed by atoms with van der Waals surface area (Å²) in [4.78, 5) is 23.9. The summed E-state index contributed by atoms with van der Waals surface area (Å²) in [6.07, 6.45) is 5.57. The molecule has 0 radical (unpaired) electrons. The number of imidazole rings is 1. The molecule has 1 saturated heterocycles. The molecular formula is C21H21N7O2. The monoisotopic (exact) mass is 403 g/mol. The van der Waals surface area contributed by atoms with Crippen LogP contribution in [0.3, 0.4) is 0 Å². The van der Waals surface area contributed by atoms with Crippen molar-refractivity contribution in [3.8, 4) is 11.3 Å². The SMILES string of the molecule is Cc1noc(C)c1-c1ccc2ncc(C(=O)Nc3ccnc(N4CCCC4)c3)n2n1. The summed E-state index contributed by atoms with van der Waals surface area (Å²) in [7, 11) is 0. The molecule has 1 aliphatic heterocycles. The first kappa shape index (κ1) is 18.3. The lowest BCUT2D eigenvalue weighted by molar-refractivity contribution is 0.102. The summed E-state index contributed by atoms with van der Waals surface area (Å²) in [6.45, 7) is 5.68. The summed E-state index contributed by atoms with van der Waals surface area (Å²) in [5, 5.41) is 11.5. The number of carbonyl (C=O) groups is 1. The third kappa shape index (κ3) is 3.18. The number of hydrogen-bond acceptors (Lipinski definition) is 7. The van der Waals surface area contributed by atoms with Gasteiger partial charge in [0, 0.05) is 31.0 Å². The van der Waals surface area contributed by atoms with Crippen LogP contribution in [0.5, 0.6) is 0 Å². The molecule has 0 saturated carbocycles. The first-order valence-electron chi connectivity index (χ1n) is 9.90. The Morgan fingerprint density at radius 2 is 1.97 bits per heavy atom. The zero-order valence-electron chi connectivity index (χ0n) is 16.8. The highest BCUT2D eigenvalue weighted by atomic mass is 16.5. The van der Waals surface area contributed by atoms with E-state index in [-0.39, 0.29) is 5.91 Å². The van der Waals surface area contributed by atoms with E-state index in [0.717, 1.165) is 30.2 Å². The highest BCUT2D eigenvalue weighted by Crippen LogP contribution is 2.25. The fourth-order valence-electron chi connectivity index (χ4n) is 3.82. The number of rotatable bonds is 4. The Morgan fingerprint density at radius 3 is 2.73 bits per heavy atom. The molecule has 1 N–H and O–H groups in total. The van der Waals surface area contributed by atoms with E-state index >= 15 is 0 Å². The largest absolute Gasteiger partial charge is 0.361 e. The number of fused-ring (bicyclic) bond motifs is 1. The van der Waals surface area contributed by atoms with Gasteiger partial charge in [0.1, 0.15) is 11.6 Å². The van der Waals surface area contributed by atoms with Gasteiger partial charge < -0.3 is 14.7 Å². The molecular weight excluding hydrogens is 382 g/mol. The standard InChI is InChI=1S/C21H21N7O2/c1-13-20(14(2)30-26-13)16-5-6-18-23-12-17(28(18)25-16)21(29)24-15-7-8-22-19(11-15)27-9-3-4-10-27/h5-8,11-12H,3-4,9-10H2,1-2H3,(H,22,24,29). The van der Waals surface area contributed by atoms with E-state index < -0.39 is 0 Å². The molecule has 1 aliphatic rings. The Kier molecular flexibility index (Phi) is 4.42. The summed E-state index contributed by atoms with van der Waals surface area (Å²) in [5.74, 6) is 1.27. The number of amides is 1. The van der Waals surface area contributed by atoms with Crippen LogP contribution in [0.25, 0.3) is 16.9 Å². The molecule has 9 nitrogen and oxygen atoms in total. The molecule has 9 heteroatoms. The minimum absolute atomic E-state index is 0.288. The average Bonchev–Trinajstić information content (AvgIpc) is 3.48. The highest BCUT2D eigenvalue weighted by molar-refractivity contribution is 6.03. The number of nitrogens with one attached hydrogen (secondary N) is 1. The van der Waals surface area contributed by atoms with Crippen molar-refractivity contribution in [3.63, 3.8) is 0 Å². The molecule has 1 fully saturated rings. The maximum Gasteiger partial charge on any atom is 0.276 e.